The van der Waals surface area contributed by atoms with Gasteiger partial charge in [0, 0.05) is 12.7 Å². The molecule has 108 valence electrons. The van der Waals surface area contributed by atoms with E-state index in [1.54, 1.807) is 18.3 Å². The number of imidazole rings is 1. The van der Waals surface area contributed by atoms with Crippen molar-refractivity contribution in [1.29, 1.82) is 0 Å². The molecule has 0 aliphatic heterocycles. The molecule has 3 rings (SSSR count). The number of hydrogen-bond donors (Lipinski definition) is 0. The molecule has 0 aliphatic rings. The van der Waals surface area contributed by atoms with Crippen LogP contribution in [0.15, 0.2) is 36.5 Å². The Balaban J connectivity index is 1.97. The summed E-state index contributed by atoms with van der Waals surface area (Å²) in [5.74, 6) is 0.899. The summed E-state index contributed by atoms with van der Waals surface area (Å²) in [4.78, 5) is 8.93. The highest BCUT2D eigenvalue weighted by atomic mass is 35.5. The number of benzene rings is 1. The molecule has 0 saturated heterocycles. The minimum atomic E-state index is -0.182. The number of pyridine rings is 1. The lowest BCUT2D eigenvalue weighted by Crippen LogP contribution is -2.06. The van der Waals surface area contributed by atoms with Gasteiger partial charge in [0.15, 0.2) is 5.65 Å². The number of aromatic nitrogens is 3. The summed E-state index contributed by atoms with van der Waals surface area (Å²) in [6.07, 6.45) is 2.34. The fraction of sp³-hybridized carbons (Fsp3) is 0.250. The fourth-order valence-electron chi connectivity index (χ4n) is 2.45. The van der Waals surface area contributed by atoms with Crippen molar-refractivity contribution in [2.75, 3.05) is 0 Å². The minimum absolute atomic E-state index is 0.182. The zero-order valence-corrected chi connectivity index (χ0v) is 12.4. The van der Waals surface area contributed by atoms with Gasteiger partial charge < -0.3 is 4.57 Å². The first-order valence-corrected chi connectivity index (χ1v) is 7.34. The highest BCUT2D eigenvalue weighted by Gasteiger charge is 2.13. The predicted molar refractivity (Wildman–Crippen MR) is 81.9 cm³/mol. The maximum atomic E-state index is 13.7. The van der Waals surface area contributed by atoms with E-state index in [9.17, 15) is 4.39 Å². The maximum Gasteiger partial charge on any atom is 0.160 e. The van der Waals surface area contributed by atoms with Gasteiger partial charge in [-0.25, -0.2) is 14.4 Å². The molecule has 0 N–H and O–H groups in total. The Morgan fingerprint density at radius 1 is 1.24 bits per heavy atom. The lowest BCUT2D eigenvalue weighted by Gasteiger charge is -2.08. The van der Waals surface area contributed by atoms with Crippen LogP contribution in [0.4, 0.5) is 4.39 Å². The molecule has 2 aromatic heterocycles. The van der Waals surface area contributed by atoms with Crippen molar-refractivity contribution >= 4 is 22.8 Å². The zero-order valence-electron chi connectivity index (χ0n) is 11.7. The molecule has 0 bridgehead atoms. The van der Waals surface area contributed by atoms with Crippen LogP contribution < -0.4 is 0 Å². The van der Waals surface area contributed by atoms with E-state index in [0.717, 1.165) is 22.6 Å². The first-order chi connectivity index (χ1) is 10.2. The molecule has 5 heteroatoms. The van der Waals surface area contributed by atoms with Crippen LogP contribution in [0.5, 0.6) is 0 Å². The van der Waals surface area contributed by atoms with E-state index in [1.165, 1.54) is 6.07 Å². The lowest BCUT2D eigenvalue weighted by molar-refractivity contribution is 0.592. The Labute approximate surface area is 127 Å². The van der Waals surface area contributed by atoms with Crippen molar-refractivity contribution in [3.8, 4) is 0 Å². The summed E-state index contributed by atoms with van der Waals surface area (Å²) in [6, 6.07) is 8.74. The number of nitrogens with zero attached hydrogens (tertiary/aromatic N) is 3. The van der Waals surface area contributed by atoms with Crippen LogP contribution >= 0.6 is 11.6 Å². The average molecular weight is 304 g/mol. The SMILES string of the molecule is Cc1ccnc2c1nc(CCl)n2CCc1ccccc1F. The van der Waals surface area contributed by atoms with Gasteiger partial charge in [0.2, 0.25) is 0 Å². The maximum absolute atomic E-state index is 13.7. The van der Waals surface area contributed by atoms with E-state index < -0.39 is 0 Å². The van der Waals surface area contributed by atoms with E-state index in [1.807, 2.05) is 23.6 Å². The molecule has 0 aliphatic carbocycles. The molecule has 0 atom stereocenters. The molecule has 0 spiro atoms. The van der Waals surface area contributed by atoms with E-state index in [4.69, 9.17) is 11.6 Å². The van der Waals surface area contributed by atoms with Crippen molar-refractivity contribution in [3.63, 3.8) is 0 Å². The van der Waals surface area contributed by atoms with Crippen LogP contribution in [0, 0.1) is 12.7 Å². The van der Waals surface area contributed by atoms with Crippen molar-refractivity contribution in [1.82, 2.24) is 14.5 Å². The topological polar surface area (TPSA) is 30.7 Å². The van der Waals surface area contributed by atoms with Gasteiger partial charge in [0.05, 0.1) is 5.88 Å². The van der Waals surface area contributed by atoms with Gasteiger partial charge in [0.25, 0.3) is 0 Å². The predicted octanol–water partition coefficient (Wildman–Crippen LogP) is 3.86. The van der Waals surface area contributed by atoms with Crippen molar-refractivity contribution in [3.05, 3.63) is 59.3 Å². The fourth-order valence-corrected chi connectivity index (χ4v) is 2.66. The molecule has 1 aromatic carbocycles. The second-order valence-electron chi connectivity index (χ2n) is 4.95. The van der Waals surface area contributed by atoms with Crippen LogP contribution in [0.2, 0.25) is 0 Å². The van der Waals surface area contributed by atoms with Gasteiger partial charge >= 0.3 is 0 Å². The van der Waals surface area contributed by atoms with E-state index in [-0.39, 0.29) is 5.82 Å². The molecule has 0 radical (unpaired) electrons. The van der Waals surface area contributed by atoms with Crippen LogP contribution in [0.25, 0.3) is 11.2 Å². The lowest BCUT2D eigenvalue weighted by atomic mass is 10.1. The van der Waals surface area contributed by atoms with Crippen molar-refractivity contribution in [2.24, 2.45) is 0 Å². The monoisotopic (exact) mass is 303 g/mol. The quantitative estimate of drug-likeness (QED) is 0.685. The third-order valence-electron chi connectivity index (χ3n) is 3.60. The molecular formula is C16H15ClFN3. The molecule has 0 amide bonds. The number of alkyl halides is 1. The third kappa shape index (κ3) is 2.63. The molecule has 3 aromatic rings. The third-order valence-corrected chi connectivity index (χ3v) is 3.84. The van der Waals surface area contributed by atoms with Gasteiger partial charge in [-0.05, 0) is 36.6 Å². The average Bonchev–Trinajstić information content (AvgIpc) is 2.86. The van der Waals surface area contributed by atoms with Gasteiger partial charge in [-0.3, -0.25) is 0 Å². The minimum Gasteiger partial charge on any atom is -0.311 e. The second kappa shape index (κ2) is 5.82. The number of fused-ring (bicyclic) bond motifs is 1. The number of rotatable bonds is 4. The first kappa shape index (κ1) is 14.0. The second-order valence-corrected chi connectivity index (χ2v) is 5.22. The summed E-state index contributed by atoms with van der Waals surface area (Å²) in [5.41, 5.74) is 3.42. The Kier molecular flexibility index (Phi) is 3.88. The summed E-state index contributed by atoms with van der Waals surface area (Å²) < 4.78 is 15.7. The summed E-state index contributed by atoms with van der Waals surface area (Å²) in [6.45, 7) is 2.60. The molecular weight excluding hydrogens is 289 g/mol. The Morgan fingerprint density at radius 2 is 2.05 bits per heavy atom. The standard InChI is InChI=1S/C16H15ClFN3/c1-11-6-8-19-16-15(11)20-14(10-17)21(16)9-7-12-4-2-3-5-13(12)18/h2-6,8H,7,9-10H2,1H3. The zero-order chi connectivity index (χ0) is 14.8. The Hall–Kier alpha value is -1.94. The normalized spacial score (nSPS) is 11.2. The molecule has 0 saturated carbocycles. The molecule has 2 heterocycles. The molecule has 0 fully saturated rings. The van der Waals surface area contributed by atoms with Crippen molar-refractivity contribution < 1.29 is 4.39 Å². The summed E-state index contributed by atoms with van der Waals surface area (Å²) in [5, 5.41) is 0. The molecule has 3 nitrogen and oxygen atoms in total. The largest absolute Gasteiger partial charge is 0.311 e. The van der Waals surface area contributed by atoms with Crippen LogP contribution in [-0.4, -0.2) is 14.5 Å². The van der Waals surface area contributed by atoms with Crippen molar-refractivity contribution in [2.45, 2.75) is 25.8 Å². The van der Waals surface area contributed by atoms with Gasteiger partial charge in [-0.15, -0.1) is 11.6 Å². The number of aryl methyl sites for hydroxylation is 3. The van der Waals surface area contributed by atoms with E-state index in [2.05, 4.69) is 9.97 Å². The highest BCUT2D eigenvalue weighted by Crippen LogP contribution is 2.19. The smallest absolute Gasteiger partial charge is 0.160 e. The Bertz CT molecular complexity index is 782. The Morgan fingerprint density at radius 3 is 2.81 bits per heavy atom. The van der Waals surface area contributed by atoms with E-state index in [0.29, 0.717) is 24.4 Å². The molecule has 21 heavy (non-hydrogen) atoms. The molecule has 0 unspecified atom stereocenters. The van der Waals surface area contributed by atoms with Crippen LogP contribution in [0.3, 0.4) is 0 Å². The van der Waals surface area contributed by atoms with Gasteiger partial charge in [-0.2, -0.15) is 0 Å². The number of halogens is 2. The van der Waals surface area contributed by atoms with Gasteiger partial charge in [-0.1, -0.05) is 18.2 Å². The highest BCUT2D eigenvalue weighted by molar-refractivity contribution is 6.16. The number of hydrogen-bond acceptors (Lipinski definition) is 2. The summed E-state index contributed by atoms with van der Waals surface area (Å²) >= 11 is 5.98. The first-order valence-electron chi connectivity index (χ1n) is 6.81. The van der Waals surface area contributed by atoms with Gasteiger partial charge in [0.1, 0.15) is 17.2 Å². The van der Waals surface area contributed by atoms with Crippen LogP contribution in [-0.2, 0) is 18.8 Å². The summed E-state index contributed by atoms with van der Waals surface area (Å²) in [7, 11) is 0. The van der Waals surface area contributed by atoms with Crippen LogP contribution in [0.1, 0.15) is 17.0 Å². The van der Waals surface area contributed by atoms with E-state index >= 15 is 0 Å².